The van der Waals surface area contributed by atoms with Crippen molar-refractivity contribution in [3.8, 4) is 5.75 Å². The average molecular weight is 346 g/mol. The van der Waals surface area contributed by atoms with E-state index in [1.807, 2.05) is 19.1 Å². The van der Waals surface area contributed by atoms with Gasteiger partial charge in [-0.1, -0.05) is 0 Å². The van der Waals surface area contributed by atoms with E-state index < -0.39 is 0 Å². The quantitative estimate of drug-likeness (QED) is 0.884. The fraction of sp³-hybridized carbons (Fsp3) is 0.579. The Kier molecular flexibility index (Phi) is 5.58. The molecule has 2 fully saturated rings. The van der Waals surface area contributed by atoms with Gasteiger partial charge in [0.15, 0.2) is 0 Å². The van der Waals surface area contributed by atoms with Crippen molar-refractivity contribution in [3.05, 3.63) is 29.8 Å². The molecule has 2 aliphatic heterocycles. The average Bonchev–Trinajstić information content (AvgIpc) is 3.13. The van der Waals surface area contributed by atoms with Crippen LogP contribution in [0.2, 0.25) is 0 Å². The molecule has 2 aliphatic rings. The fourth-order valence-corrected chi connectivity index (χ4v) is 3.45. The van der Waals surface area contributed by atoms with Gasteiger partial charge in [-0.3, -0.25) is 9.59 Å². The van der Waals surface area contributed by atoms with Crippen LogP contribution in [0.25, 0.3) is 0 Å². The summed E-state index contributed by atoms with van der Waals surface area (Å²) in [6.07, 6.45) is 3.83. The maximum atomic E-state index is 12.8. The largest absolute Gasteiger partial charge is 0.491 e. The molecule has 1 aromatic rings. The van der Waals surface area contributed by atoms with E-state index in [0.717, 1.165) is 38.0 Å². The fourth-order valence-electron chi connectivity index (χ4n) is 3.45. The number of amides is 2. The summed E-state index contributed by atoms with van der Waals surface area (Å²) < 4.78 is 11.3. The zero-order chi connectivity index (χ0) is 17.8. The molecule has 136 valence electrons. The second-order valence-electron chi connectivity index (χ2n) is 6.95. The number of hydrogen-bond acceptors (Lipinski definition) is 4. The molecule has 0 spiro atoms. The van der Waals surface area contributed by atoms with Crippen LogP contribution in [0.5, 0.6) is 5.75 Å². The first-order valence-corrected chi connectivity index (χ1v) is 8.99. The van der Waals surface area contributed by atoms with Crippen LogP contribution in [0.15, 0.2) is 24.3 Å². The highest BCUT2D eigenvalue weighted by molar-refractivity contribution is 5.95. The van der Waals surface area contributed by atoms with E-state index in [-0.39, 0.29) is 29.9 Å². The van der Waals surface area contributed by atoms with Crippen LogP contribution in [-0.2, 0) is 9.53 Å². The van der Waals surface area contributed by atoms with Gasteiger partial charge in [-0.05, 0) is 56.9 Å². The van der Waals surface area contributed by atoms with Crippen molar-refractivity contribution in [3.63, 3.8) is 0 Å². The molecule has 1 aromatic carbocycles. The standard InChI is InChI=1S/C19H26N2O4/c1-13-4-5-15(18(20)22)11-21(13)19(23)14-6-8-16(9-7-14)25-12-17-3-2-10-24-17/h6-9,13,15,17H,2-5,10-12H2,1H3,(H2,20,22). The Morgan fingerprint density at radius 3 is 2.64 bits per heavy atom. The first kappa shape index (κ1) is 17.7. The normalized spacial score (nSPS) is 26.4. The summed E-state index contributed by atoms with van der Waals surface area (Å²) in [5.41, 5.74) is 6.01. The minimum absolute atomic E-state index is 0.0656. The molecule has 6 heteroatoms. The Morgan fingerprint density at radius 2 is 2.00 bits per heavy atom. The Hall–Kier alpha value is -2.08. The van der Waals surface area contributed by atoms with Crippen molar-refractivity contribution in [2.45, 2.75) is 44.8 Å². The first-order valence-electron chi connectivity index (χ1n) is 8.99. The lowest BCUT2D eigenvalue weighted by Gasteiger charge is -2.37. The van der Waals surface area contributed by atoms with Gasteiger partial charge in [0, 0.05) is 24.8 Å². The van der Waals surface area contributed by atoms with Gasteiger partial charge in [-0.2, -0.15) is 0 Å². The van der Waals surface area contributed by atoms with E-state index in [4.69, 9.17) is 15.2 Å². The van der Waals surface area contributed by atoms with Gasteiger partial charge >= 0.3 is 0 Å². The predicted molar refractivity (Wildman–Crippen MR) is 93.3 cm³/mol. The van der Waals surface area contributed by atoms with Crippen LogP contribution in [0.1, 0.15) is 43.0 Å². The molecular weight excluding hydrogens is 320 g/mol. The summed E-state index contributed by atoms with van der Waals surface area (Å²) in [6, 6.07) is 7.27. The molecule has 2 heterocycles. The SMILES string of the molecule is CC1CCC(C(N)=O)CN1C(=O)c1ccc(OCC2CCCO2)cc1. The van der Waals surface area contributed by atoms with Crippen molar-refractivity contribution in [1.82, 2.24) is 4.90 Å². The van der Waals surface area contributed by atoms with Gasteiger partial charge in [-0.15, -0.1) is 0 Å². The molecule has 3 rings (SSSR count). The highest BCUT2D eigenvalue weighted by Gasteiger charge is 2.32. The summed E-state index contributed by atoms with van der Waals surface area (Å²) in [4.78, 5) is 26.0. The van der Waals surface area contributed by atoms with E-state index in [2.05, 4.69) is 0 Å². The zero-order valence-corrected chi connectivity index (χ0v) is 14.6. The number of nitrogens with two attached hydrogens (primary N) is 1. The Morgan fingerprint density at radius 1 is 1.24 bits per heavy atom. The number of likely N-dealkylation sites (tertiary alicyclic amines) is 1. The molecule has 2 N–H and O–H groups in total. The van der Waals surface area contributed by atoms with Gasteiger partial charge in [0.05, 0.1) is 12.0 Å². The van der Waals surface area contributed by atoms with E-state index in [1.165, 1.54) is 0 Å². The summed E-state index contributed by atoms with van der Waals surface area (Å²) >= 11 is 0. The second-order valence-corrected chi connectivity index (χ2v) is 6.95. The van der Waals surface area contributed by atoms with Crippen LogP contribution in [0.3, 0.4) is 0 Å². The van der Waals surface area contributed by atoms with Crippen LogP contribution < -0.4 is 10.5 Å². The number of benzene rings is 1. The third-order valence-electron chi connectivity index (χ3n) is 5.11. The topological polar surface area (TPSA) is 81.9 Å². The van der Waals surface area contributed by atoms with Gasteiger partial charge in [0.1, 0.15) is 12.4 Å². The zero-order valence-electron chi connectivity index (χ0n) is 14.6. The second kappa shape index (κ2) is 7.87. The maximum Gasteiger partial charge on any atom is 0.254 e. The summed E-state index contributed by atoms with van der Waals surface area (Å²) in [7, 11) is 0. The van der Waals surface area contributed by atoms with Crippen molar-refractivity contribution >= 4 is 11.8 Å². The third kappa shape index (κ3) is 4.31. The smallest absolute Gasteiger partial charge is 0.254 e. The number of nitrogens with zero attached hydrogens (tertiary/aromatic N) is 1. The Bertz CT molecular complexity index is 610. The number of hydrogen-bond donors (Lipinski definition) is 1. The molecule has 0 radical (unpaired) electrons. The summed E-state index contributed by atoms with van der Waals surface area (Å²) in [5.74, 6) is 0.0784. The summed E-state index contributed by atoms with van der Waals surface area (Å²) in [5, 5.41) is 0. The number of carbonyl (C=O) groups is 2. The Labute approximate surface area is 148 Å². The van der Waals surface area contributed by atoms with E-state index >= 15 is 0 Å². The lowest BCUT2D eigenvalue weighted by atomic mass is 9.92. The van der Waals surface area contributed by atoms with Gasteiger partial charge in [0.25, 0.3) is 5.91 Å². The first-order chi connectivity index (χ1) is 12.0. The highest BCUT2D eigenvalue weighted by atomic mass is 16.5. The number of ether oxygens (including phenoxy) is 2. The molecule has 0 bridgehead atoms. The molecule has 3 unspecified atom stereocenters. The van der Waals surface area contributed by atoms with Gasteiger partial charge in [0.2, 0.25) is 5.91 Å². The van der Waals surface area contributed by atoms with E-state index in [9.17, 15) is 9.59 Å². The van der Waals surface area contributed by atoms with Gasteiger partial charge in [-0.25, -0.2) is 0 Å². The van der Waals surface area contributed by atoms with Crippen molar-refractivity contribution in [2.24, 2.45) is 11.7 Å². The van der Waals surface area contributed by atoms with Crippen molar-refractivity contribution in [1.29, 1.82) is 0 Å². The van der Waals surface area contributed by atoms with Crippen LogP contribution in [0, 0.1) is 5.92 Å². The maximum absolute atomic E-state index is 12.8. The van der Waals surface area contributed by atoms with Crippen LogP contribution in [-0.4, -0.2) is 48.6 Å². The Balaban J connectivity index is 1.60. The number of primary amides is 1. The predicted octanol–water partition coefficient (Wildman–Crippen LogP) is 1.97. The number of piperidine rings is 1. The van der Waals surface area contributed by atoms with Crippen LogP contribution >= 0.6 is 0 Å². The molecule has 6 nitrogen and oxygen atoms in total. The molecule has 2 saturated heterocycles. The summed E-state index contributed by atoms with van der Waals surface area (Å²) in [6.45, 7) is 3.75. The molecule has 3 atom stereocenters. The van der Waals surface area contributed by atoms with Crippen LogP contribution in [0.4, 0.5) is 0 Å². The van der Waals surface area contributed by atoms with Gasteiger partial charge < -0.3 is 20.1 Å². The minimum atomic E-state index is -0.331. The molecule has 25 heavy (non-hydrogen) atoms. The molecule has 0 saturated carbocycles. The lowest BCUT2D eigenvalue weighted by molar-refractivity contribution is -0.123. The highest BCUT2D eigenvalue weighted by Crippen LogP contribution is 2.24. The van der Waals surface area contributed by atoms with E-state index in [1.54, 1.807) is 17.0 Å². The lowest BCUT2D eigenvalue weighted by Crippen LogP contribution is -2.48. The number of rotatable bonds is 5. The minimum Gasteiger partial charge on any atom is -0.491 e. The van der Waals surface area contributed by atoms with Crippen molar-refractivity contribution < 1.29 is 19.1 Å². The van der Waals surface area contributed by atoms with Crippen molar-refractivity contribution in [2.75, 3.05) is 19.8 Å². The monoisotopic (exact) mass is 346 g/mol. The van der Waals surface area contributed by atoms with E-state index in [0.29, 0.717) is 18.7 Å². The molecule has 0 aliphatic carbocycles. The third-order valence-corrected chi connectivity index (χ3v) is 5.11. The molecule has 0 aromatic heterocycles. The molecule has 2 amide bonds. The number of carbonyl (C=O) groups excluding carboxylic acids is 2. The molecular formula is C19H26N2O4.